The summed E-state index contributed by atoms with van der Waals surface area (Å²) in [5.41, 5.74) is 4.28. The van der Waals surface area contributed by atoms with Gasteiger partial charge in [-0.1, -0.05) is 145 Å². The monoisotopic (exact) mass is 743 g/mol. The highest BCUT2D eigenvalue weighted by atomic mass is 16.7. The smallest absolute Gasteiger partial charge is 0.328 e. The van der Waals surface area contributed by atoms with Crippen LogP contribution in [0.2, 0.25) is 0 Å². The number of hydrogen-bond donors (Lipinski definition) is 3. The number of nitrogens with zero attached hydrogens (tertiary/aromatic N) is 1. The fourth-order valence-electron chi connectivity index (χ4n) is 7.08. The van der Waals surface area contributed by atoms with Crippen LogP contribution in [0.15, 0.2) is 78.9 Å². The van der Waals surface area contributed by atoms with E-state index >= 15 is 0 Å². The van der Waals surface area contributed by atoms with Crippen LogP contribution in [0.4, 0.5) is 10.5 Å². The third kappa shape index (κ3) is 15.2. The number of benzene rings is 3. The molecule has 1 saturated heterocycles. The molecule has 0 aromatic heterocycles. The van der Waals surface area contributed by atoms with Crippen molar-refractivity contribution in [2.75, 3.05) is 32.1 Å². The van der Waals surface area contributed by atoms with Crippen LogP contribution in [0.5, 0.6) is 0 Å². The van der Waals surface area contributed by atoms with Crippen LogP contribution in [0.3, 0.4) is 0 Å². The Kier molecular flexibility index (Phi) is 19.6. The van der Waals surface area contributed by atoms with Crippen LogP contribution >= 0.6 is 0 Å². The summed E-state index contributed by atoms with van der Waals surface area (Å²) in [4.78, 5) is 28.1. The standard InChI is InChI=1S/C45H65N3O6/c1-4-6-8-10-12-17-29-48(30-18-13-11-9-7-5-2)33-40-32-42(37-23-21-36(34-49)22-24-37)54-44(53-40)38-25-27-39(28-26-38)46-45(51)47-41(43(50)52-3)31-35-19-15-14-16-20-35/h14-16,19-28,40-42,44,49H,4-13,17-18,29-34H2,1-3H3,(H2,46,47,51). The summed E-state index contributed by atoms with van der Waals surface area (Å²) >= 11 is 0. The van der Waals surface area contributed by atoms with E-state index in [4.69, 9.17) is 14.2 Å². The molecule has 1 aliphatic heterocycles. The number of urea groups is 1. The van der Waals surface area contributed by atoms with Gasteiger partial charge in [-0.25, -0.2) is 9.59 Å². The maximum atomic E-state index is 13.0. The van der Waals surface area contributed by atoms with Gasteiger partial charge >= 0.3 is 12.0 Å². The summed E-state index contributed by atoms with van der Waals surface area (Å²) in [5.74, 6) is -0.511. The van der Waals surface area contributed by atoms with Crippen molar-refractivity contribution in [2.24, 2.45) is 0 Å². The van der Waals surface area contributed by atoms with Gasteiger partial charge in [0.1, 0.15) is 6.04 Å². The van der Waals surface area contributed by atoms with Crippen molar-refractivity contribution in [3.8, 4) is 0 Å². The van der Waals surface area contributed by atoms with Crippen LogP contribution in [0, 0.1) is 0 Å². The Morgan fingerprint density at radius 2 is 1.35 bits per heavy atom. The lowest BCUT2D eigenvalue weighted by Crippen LogP contribution is -2.45. The topological polar surface area (TPSA) is 109 Å². The molecule has 0 radical (unpaired) electrons. The summed E-state index contributed by atoms with van der Waals surface area (Å²) in [6.07, 6.45) is 15.6. The fourth-order valence-corrected chi connectivity index (χ4v) is 7.08. The predicted molar refractivity (Wildman–Crippen MR) is 216 cm³/mol. The van der Waals surface area contributed by atoms with E-state index in [0.29, 0.717) is 12.1 Å². The Balaban J connectivity index is 1.43. The molecule has 0 saturated carbocycles. The number of nitrogens with one attached hydrogen (secondary N) is 2. The highest BCUT2D eigenvalue weighted by molar-refractivity contribution is 5.92. The fraction of sp³-hybridized carbons (Fsp3) is 0.556. The summed E-state index contributed by atoms with van der Waals surface area (Å²) in [6, 6.07) is 23.7. The third-order valence-corrected chi connectivity index (χ3v) is 10.2. The molecule has 3 aromatic carbocycles. The SMILES string of the molecule is CCCCCCCCN(CCCCCCCC)CC1CC(c2ccc(CO)cc2)OC(c2ccc(NC(=O)NC(Cc3ccccc3)C(=O)OC)cc2)O1. The highest BCUT2D eigenvalue weighted by Gasteiger charge is 2.33. The molecule has 3 N–H and O–H groups in total. The Morgan fingerprint density at radius 1 is 0.759 bits per heavy atom. The number of amides is 2. The second-order valence-electron chi connectivity index (χ2n) is 14.7. The van der Waals surface area contributed by atoms with E-state index in [2.05, 4.69) is 29.4 Å². The minimum Gasteiger partial charge on any atom is -0.467 e. The average molecular weight is 744 g/mol. The van der Waals surface area contributed by atoms with Gasteiger partial charge in [0.25, 0.3) is 0 Å². The van der Waals surface area contributed by atoms with Crippen molar-refractivity contribution in [1.29, 1.82) is 0 Å². The molecule has 2 amide bonds. The van der Waals surface area contributed by atoms with E-state index in [1.807, 2.05) is 78.9 Å². The Hall–Kier alpha value is -3.76. The molecule has 4 unspecified atom stereocenters. The number of carbonyl (C=O) groups excluding carboxylic acids is 2. The predicted octanol–water partition coefficient (Wildman–Crippen LogP) is 9.65. The van der Waals surface area contributed by atoms with Gasteiger partial charge in [0.15, 0.2) is 6.29 Å². The van der Waals surface area contributed by atoms with Crippen molar-refractivity contribution >= 4 is 17.7 Å². The first-order valence-electron chi connectivity index (χ1n) is 20.4. The van der Waals surface area contributed by atoms with Gasteiger partial charge in [0.2, 0.25) is 0 Å². The Morgan fingerprint density at radius 3 is 1.94 bits per heavy atom. The number of anilines is 1. The van der Waals surface area contributed by atoms with Gasteiger partial charge in [-0.05, 0) is 54.8 Å². The maximum Gasteiger partial charge on any atom is 0.328 e. The van der Waals surface area contributed by atoms with Crippen molar-refractivity contribution in [3.63, 3.8) is 0 Å². The molecule has 1 fully saturated rings. The number of carbonyl (C=O) groups is 2. The number of methoxy groups -OCH3 is 1. The van der Waals surface area contributed by atoms with E-state index in [-0.39, 0.29) is 18.8 Å². The normalized spacial score (nSPS) is 17.6. The lowest BCUT2D eigenvalue weighted by atomic mass is 9.99. The number of unbranched alkanes of at least 4 members (excludes halogenated alkanes) is 10. The number of aliphatic hydroxyl groups excluding tert-OH is 1. The van der Waals surface area contributed by atoms with Gasteiger partial charge < -0.3 is 34.9 Å². The molecular formula is C45H65N3O6. The molecule has 4 atom stereocenters. The first kappa shape index (κ1) is 43.0. The summed E-state index contributed by atoms with van der Waals surface area (Å²) in [5, 5.41) is 15.3. The largest absolute Gasteiger partial charge is 0.467 e. The van der Waals surface area contributed by atoms with Gasteiger partial charge in [0, 0.05) is 30.6 Å². The van der Waals surface area contributed by atoms with Crippen LogP contribution < -0.4 is 10.6 Å². The molecule has 9 nitrogen and oxygen atoms in total. The van der Waals surface area contributed by atoms with E-state index in [0.717, 1.165) is 48.3 Å². The molecule has 296 valence electrons. The van der Waals surface area contributed by atoms with Crippen LogP contribution in [-0.4, -0.2) is 60.9 Å². The zero-order valence-corrected chi connectivity index (χ0v) is 33.0. The molecular weight excluding hydrogens is 679 g/mol. The van der Waals surface area contributed by atoms with E-state index in [1.165, 1.54) is 84.2 Å². The molecule has 1 aliphatic rings. The molecule has 0 spiro atoms. The third-order valence-electron chi connectivity index (χ3n) is 10.2. The number of esters is 1. The highest BCUT2D eigenvalue weighted by Crippen LogP contribution is 2.38. The van der Waals surface area contributed by atoms with E-state index < -0.39 is 24.3 Å². The van der Waals surface area contributed by atoms with Gasteiger partial charge in [-0.2, -0.15) is 0 Å². The molecule has 3 aromatic rings. The number of rotatable bonds is 24. The van der Waals surface area contributed by atoms with E-state index in [9.17, 15) is 14.7 Å². The quantitative estimate of drug-likeness (QED) is 0.0619. The van der Waals surface area contributed by atoms with Gasteiger partial charge in [-0.15, -0.1) is 0 Å². The maximum absolute atomic E-state index is 13.0. The van der Waals surface area contributed by atoms with Crippen molar-refractivity contribution in [2.45, 2.75) is 135 Å². The minimum atomic E-state index is -0.831. The minimum absolute atomic E-state index is 0.000786. The number of hydrogen-bond acceptors (Lipinski definition) is 7. The average Bonchev–Trinajstić information content (AvgIpc) is 3.20. The van der Waals surface area contributed by atoms with Crippen LogP contribution in [0.25, 0.3) is 0 Å². The lowest BCUT2D eigenvalue weighted by Gasteiger charge is -2.38. The Bertz CT molecular complexity index is 1450. The Labute approximate surface area is 324 Å². The van der Waals surface area contributed by atoms with Crippen molar-refractivity contribution < 1.29 is 28.9 Å². The molecule has 4 rings (SSSR count). The van der Waals surface area contributed by atoms with Gasteiger partial charge in [0.05, 0.1) is 25.9 Å². The second kappa shape index (κ2) is 24.6. The zero-order valence-electron chi connectivity index (χ0n) is 33.0. The van der Waals surface area contributed by atoms with Crippen LogP contribution in [-0.2, 0) is 32.0 Å². The molecule has 1 heterocycles. The number of aliphatic hydroxyl groups is 1. The first-order chi connectivity index (χ1) is 26.4. The van der Waals surface area contributed by atoms with Crippen LogP contribution in [0.1, 0.15) is 132 Å². The molecule has 9 heteroatoms. The second-order valence-corrected chi connectivity index (χ2v) is 14.7. The number of ether oxygens (including phenoxy) is 3. The van der Waals surface area contributed by atoms with E-state index in [1.54, 1.807) is 0 Å². The van der Waals surface area contributed by atoms with Crippen molar-refractivity contribution in [3.05, 3.63) is 101 Å². The molecule has 0 bridgehead atoms. The summed E-state index contributed by atoms with van der Waals surface area (Å²) in [6.45, 7) is 7.53. The van der Waals surface area contributed by atoms with Gasteiger partial charge in [-0.3, -0.25) is 0 Å². The molecule has 54 heavy (non-hydrogen) atoms. The first-order valence-corrected chi connectivity index (χ1v) is 20.4. The zero-order chi connectivity index (χ0) is 38.4. The molecule has 0 aliphatic carbocycles. The van der Waals surface area contributed by atoms with Crippen molar-refractivity contribution in [1.82, 2.24) is 10.2 Å². The summed E-state index contributed by atoms with van der Waals surface area (Å²) < 4.78 is 18.3. The summed E-state index contributed by atoms with van der Waals surface area (Å²) in [7, 11) is 1.32. The lowest BCUT2D eigenvalue weighted by molar-refractivity contribution is -0.253.